The summed E-state index contributed by atoms with van der Waals surface area (Å²) in [5, 5.41) is 3.39. The second kappa shape index (κ2) is 7.20. The number of sulfonamides is 1. The van der Waals surface area contributed by atoms with E-state index in [0.717, 1.165) is 12.8 Å². The van der Waals surface area contributed by atoms with Crippen molar-refractivity contribution < 1.29 is 8.42 Å². The molecule has 0 saturated carbocycles. The maximum atomic E-state index is 11.3. The fourth-order valence-electron chi connectivity index (χ4n) is 2.10. The van der Waals surface area contributed by atoms with Crippen LogP contribution >= 0.6 is 0 Å². The summed E-state index contributed by atoms with van der Waals surface area (Å²) in [7, 11) is -3.17. The number of nitrogens with one attached hydrogen (secondary N) is 2. The molecule has 1 aromatic rings. The highest BCUT2D eigenvalue weighted by atomic mass is 32.2. The van der Waals surface area contributed by atoms with Crippen molar-refractivity contribution in [2.24, 2.45) is 0 Å². The molecule has 114 valence electrons. The monoisotopic (exact) mass is 298 g/mol. The van der Waals surface area contributed by atoms with Crippen LogP contribution in [0.25, 0.3) is 0 Å². The van der Waals surface area contributed by atoms with Crippen LogP contribution in [0.4, 0.5) is 0 Å². The highest BCUT2D eigenvalue weighted by Crippen LogP contribution is 2.07. The fraction of sp³-hybridized carbons (Fsp3) is 0.600. The minimum atomic E-state index is -3.17. The van der Waals surface area contributed by atoms with E-state index in [4.69, 9.17) is 0 Å². The number of aryl methyl sites for hydroxylation is 1. The van der Waals surface area contributed by atoms with Crippen molar-refractivity contribution >= 4 is 10.0 Å². The van der Waals surface area contributed by atoms with Gasteiger partial charge in [0.1, 0.15) is 0 Å². The van der Waals surface area contributed by atoms with E-state index in [1.54, 1.807) is 0 Å². The molecule has 0 aliphatic carbocycles. The molecule has 1 rings (SSSR count). The molecular weight excluding hydrogens is 272 g/mol. The molecule has 0 aliphatic heterocycles. The van der Waals surface area contributed by atoms with Gasteiger partial charge >= 0.3 is 0 Å². The van der Waals surface area contributed by atoms with Crippen molar-refractivity contribution in [2.45, 2.75) is 45.2 Å². The Hall–Kier alpha value is -0.910. The molecule has 2 N–H and O–H groups in total. The minimum Gasteiger partial charge on any atom is -0.312 e. The van der Waals surface area contributed by atoms with Gasteiger partial charge in [-0.25, -0.2) is 13.1 Å². The molecule has 0 bridgehead atoms. The third kappa shape index (κ3) is 7.62. The summed E-state index contributed by atoms with van der Waals surface area (Å²) in [5.74, 6) is 0. The Labute approximate surface area is 123 Å². The molecule has 1 aromatic carbocycles. The molecule has 1 unspecified atom stereocenters. The second-order valence-corrected chi connectivity index (χ2v) is 7.81. The molecule has 0 fully saturated rings. The highest BCUT2D eigenvalue weighted by molar-refractivity contribution is 7.88. The van der Waals surface area contributed by atoms with E-state index < -0.39 is 15.6 Å². The van der Waals surface area contributed by atoms with Gasteiger partial charge in [-0.2, -0.15) is 0 Å². The Morgan fingerprint density at radius 3 is 2.35 bits per heavy atom. The first kappa shape index (κ1) is 17.1. The zero-order valence-electron chi connectivity index (χ0n) is 12.8. The Morgan fingerprint density at radius 1 is 1.20 bits per heavy atom. The van der Waals surface area contributed by atoms with Gasteiger partial charge in [-0.05, 0) is 39.2 Å². The highest BCUT2D eigenvalue weighted by Gasteiger charge is 2.22. The standard InChI is InChI=1S/C15H26N2O2S/c1-13(10-11-14-8-6-5-7-9-14)16-12-15(2,3)17-20(4,18)19/h5-9,13,16-17H,10-12H2,1-4H3. The van der Waals surface area contributed by atoms with E-state index >= 15 is 0 Å². The smallest absolute Gasteiger partial charge is 0.209 e. The molecule has 0 amide bonds. The van der Waals surface area contributed by atoms with E-state index in [2.05, 4.69) is 29.1 Å². The van der Waals surface area contributed by atoms with Crippen LogP contribution in [-0.4, -0.2) is 32.8 Å². The van der Waals surface area contributed by atoms with E-state index in [9.17, 15) is 8.42 Å². The third-order valence-corrected chi connectivity index (χ3v) is 3.99. The van der Waals surface area contributed by atoms with Crippen LogP contribution < -0.4 is 10.0 Å². The van der Waals surface area contributed by atoms with Crippen LogP contribution in [0, 0.1) is 0 Å². The van der Waals surface area contributed by atoms with Crippen molar-refractivity contribution in [3.8, 4) is 0 Å². The molecule has 20 heavy (non-hydrogen) atoms. The maximum Gasteiger partial charge on any atom is 0.209 e. The second-order valence-electron chi connectivity index (χ2n) is 6.06. The number of benzene rings is 1. The largest absolute Gasteiger partial charge is 0.312 e. The van der Waals surface area contributed by atoms with Gasteiger partial charge in [-0.15, -0.1) is 0 Å². The molecule has 0 saturated heterocycles. The van der Waals surface area contributed by atoms with E-state index in [1.807, 2.05) is 32.0 Å². The average Bonchev–Trinajstić information content (AvgIpc) is 2.32. The zero-order chi connectivity index (χ0) is 15.2. The maximum absolute atomic E-state index is 11.3. The molecule has 0 spiro atoms. The number of hydrogen-bond acceptors (Lipinski definition) is 3. The van der Waals surface area contributed by atoms with Gasteiger partial charge < -0.3 is 5.32 Å². The van der Waals surface area contributed by atoms with Crippen molar-refractivity contribution in [1.29, 1.82) is 0 Å². The van der Waals surface area contributed by atoms with Crippen LogP contribution in [0.15, 0.2) is 30.3 Å². The zero-order valence-corrected chi connectivity index (χ0v) is 13.6. The summed E-state index contributed by atoms with van der Waals surface area (Å²) in [6.45, 7) is 6.49. The predicted octanol–water partition coefficient (Wildman–Crippen LogP) is 1.93. The molecule has 0 heterocycles. The summed E-state index contributed by atoms with van der Waals surface area (Å²) in [4.78, 5) is 0. The Balaban J connectivity index is 2.34. The molecule has 4 nitrogen and oxygen atoms in total. The first-order valence-corrected chi connectivity index (χ1v) is 8.83. The fourth-order valence-corrected chi connectivity index (χ4v) is 3.17. The van der Waals surface area contributed by atoms with Gasteiger partial charge in [-0.3, -0.25) is 0 Å². The first-order valence-electron chi connectivity index (χ1n) is 6.94. The van der Waals surface area contributed by atoms with Gasteiger partial charge in [0.15, 0.2) is 0 Å². The lowest BCUT2D eigenvalue weighted by atomic mass is 10.0. The quantitative estimate of drug-likeness (QED) is 0.771. The van der Waals surface area contributed by atoms with Crippen LogP contribution in [-0.2, 0) is 16.4 Å². The average molecular weight is 298 g/mol. The molecule has 5 heteroatoms. The molecule has 0 aromatic heterocycles. The van der Waals surface area contributed by atoms with Gasteiger partial charge in [0.25, 0.3) is 0 Å². The summed E-state index contributed by atoms with van der Waals surface area (Å²) in [6, 6.07) is 10.7. The molecule has 0 aliphatic rings. The van der Waals surface area contributed by atoms with Crippen molar-refractivity contribution in [3.63, 3.8) is 0 Å². The Morgan fingerprint density at radius 2 is 1.80 bits per heavy atom. The lowest BCUT2D eigenvalue weighted by Crippen LogP contribution is -2.51. The van der Waals surface area contributed by atoms with Crippen molar-refractivity contribution in [1.82, 2.24) is 10.0 Å². The summed E-state index contributed by atoms with van der Waals surface area (Å²) >= 11 is 0. The normalized spacial score (nSPS) is 14.2. The van der Waals surface area contributed by atoms with Gasteiger partial charge in [0.05, 0.1) is 6.26 Å². The summed E-state index contributed by atoms with van der Waals surface area (Å²) in [6.07, 6.45) is 3.24. The van der Waals surface area contributed by atoms with Crippen molar-refractivity contribution in [2.75, 3.05) is 12.8 Å². The molecule has 0 radical (unpaired) electrons. The van der Waals surface area contributed by atoms with E-state index in [-0.39, 0.29) is 0 Å². The van der Waals surface area contributed by atoms with E-state index in [1.165, 1.54) is 11.8 Å². The Bertz CT molecular complexity index is 498. The van der Waals surface area contributed by atoms with Crippen LogP contribution in [0.1, 0.15) is 32.8 Å². The van der Waals surface area contributed by atoms with E-state index in [0.29, 0.717) is 12.6 Å². The molecule has 1 atom stereocenters. The topological polar surface area (TPSA) is 58.2 Å². The SMILES string of the molecule is CC(CCc1ccccc1)NCC(C)(C)NS(C)(=O)=O. The number of rotatable bonds is 8. The van der Waals surface area contributed by atoms with Gasteiger partial charge in [-0.1, -0.05) is 30.3 Å². The van der Waals surface area contributed by atoms with Crippen LogP contribution in [0.5, 0.6) is 0 Å². The van der Waals surface area contributed by atoms with Crippen LogP contribution in [0.2, 0.25) is 0 Å². The van der Waals surface area contributed by atoms with Crippen molar-refractivity contribution in [3.05, 3.63) is 35.9 Å². The minimum absolute atomic E-state index is 0.343. The lowest BCUT2D eigenvalue weighted by Gasteiger charge is -2.27. The Kier molecular flexibility index (Phi) is 6.17. The molecular formula is C15H26N2O2S. The lowest BCUT2D eigenvalue weighted by molar-refractivity contribution is 0.388. The first-order chi connectivity index (χ1) is 9.18. The predicted molar refractivity (Wildman–Crippen MR) is 84.3 cm³/mol. The third-order valence-electron chi connectivity index (χ3n) is 3.06. The van der Waals surface area contributed by atoms with Crippen LogP contribution in [0.3, 0.4) is 0 Å². The summed E-state index contributed by atoms with van der Waals surface area (Å²) < 4.78 is 25.2. The van der Waals surface area contributed by atoms with Gasteiger partial charge in [0, 0.05) is 18.1 Å². The summed E-state index contributed by atoms with van der Waals surface area (Å²) in [5.41, 5.74) is 0.851. The number of hydrogen-bond donors (Lipinski definition) is 2. The van der Waals surface area contributed by atoms with Gasteiger partial charge in [0.2, 0.25) is 10.0 Å².